The molecule has 0 atom stereocenters. The van der Waals surface area contributed by atoms with Crippen molar-refractivity contribution >= 4 is 32.4 Å². The van der Waals surface area contributed by atoms with Gasteiger partial charge in [-0.1, -0.05) is 11.3 Å². The predicted octanol–water partition coefficient (Wildman–Crippen LogP) is 4.33. The molecule has 0 saturated heterocycles. The second-order valence-corrected chi connectivity index (χ2v) is 5.09. The molecule has 21 heavy (non-hydrogen) atoms. The summed E-state index contributed by atoms with van der Waals surface area (Å²) in [7, 11) is 0. The number of aromatic nitrogens is 2. The Hall–Kier alpha value is -2.35. The minimum atomic E-state index is -4.69. The molecule has 0 aliphatic carbocycles. The van der Waals surface area contributed by atoms with E-state index < -0.39 is 6.36 Å². The van der Waals surface area contributed by atoms with Crippen LogP contribution in [0.15, 0.2) is 42.7 Å². The number of thiazole rings is 1. The smallest absolute Gasteiger partial charge is 0.406 e. The Morgan fingerprint density at radius 1 is 1.10 bits per heavy atom. The summed E-state index contributed by atoms with van der Waals surface area (Å²) in [6.45, 7) is 0. The number of hydrogen-bond acceptors (Lipinski definition) is 5. The number of halogens is 3. The first-order valence-corrected chi connectivity index (χ1v) is 6.65. The third kappa shape index (κ3) is 3.40. The Morgan fingerprint density at radius 3 is 2.52 bits per heavy atom. The van der Waals surface area contributed by atoms with E-state index in [9.17, 15) is 13.2 Å². The quantitative estimate of drug-likeness (QED) is 0.782. The minimum absolute atomic E-state index is 0.262. The van der Waals surface area contributed by atoms with Gasteiger partial charge in [-0.2, -0.15) is 0 Å². The fraction of sp³-hybridized carbons (Fsp3) is 0.0769. The highest BCUT2D eigenvalue weighted by Crippen LogP contribution is 2.29. The summed E-state index contributed by atoms with van der Waals surface area (Å²) in [4.78, 5) is 8.30. The molecule has 0 fully saturated rings. The molecule has 3 rings (SSSR count). The summed E-state index contributed by atoms with van der Waals surface area (Å²) < 4.78 is 40.9. The molecule has 0 amide bonds. The van der Waals surface area contributed by atoms with Crippen molar-refractivity contribution in [2.45, 2.75) is 6.36 Å². The van der Waals surface area contributed by atoms with E-state index in [-0.39, 0.29) is 5.75 Å². The van der Waals surface area contributed by atoms with Crippen molar-refractivity contribution in [1.82, 2.24) is 9.97 Å². The monoisotopic (exact) mass is 311 g/mol. The SMILES string of the molecule is FC(F)(F)Oc1ccc(Nc2nc3cnccc3s2)cc1. The Labute approximate surface area is 121 Å². The summed E-state index contributed by atoms with van der Waals surface area (Å²) in [5, 5.41) is 3.67. The topological polar surface area (TPSA) is 47.0 Å². The molecular weight excluding hydrogens is 303 g/mol. The van der Waals surface area contributed by atoms with Gasteiger partial charge < -0.3 is 10.1 Å². The highest BCUT2D eigenvalue weighted by atomic mass is 32.1. The molecule has 3 aromatic rings. The van der Waals surface area contributed by atoms with Gasteiger partial charge in [-0.15, -0.1) is 13.2 Å². The molecule has 4 nitrogen and oxygen atoms in total. The first-order valence-electron chi connectivity index (χ1n) is 5.83. The van der Waals surface area contributed by atoms with Crippen molar-refractivity contribution < 1.29 is 17.9 Å². The van der Waals surface area contributed by atoms with Crippen LogP contribution in [0.2, 0.25) is 0 Å². The first-order chi connectivity index (χ1) is 9.99. The van der Waals surface area contributed by atoms with Crippen molar-refractivity contribution in [2.75, 3.05) is 5.32 Å². The van der Waals surface area contributed by atoms with Crippen molar-refractivity contribution in [2.24, 2.45) is 0 Å². The van der Waals surface area contributed by atoms with Crippen LogP contribution < -0.4 is 10.1 Å². The molecule has 0 unspecified atom stereocenters. The summed E-state index contributed by atoms with van der Waals surface area (Å²) in [5.74, 6) is -0.262. The second kappa shape index (κ2) is 5.21. The van der Waals surface area contributed by atoms with Gasteiger partial charge in [0.25, 0.3) is 0 Å². The summed E-state index contributed by atoms with van der Waals surface area (Å²) in [6, 6.07) is 7.31. The number of alkyl halides is 3. The van der Waals surface area contributed by atoms with Crippen LogP contribution in [0.4, 0.5) is 24.0 Å². The van der Waals surface area contributed by atoms with Gasteiger partial charge in [0, 0.05) is 11.9 Å². The molecule has 108 valence electrons. The van der Waals surface area contributed by atoms with Crippen LogP contribution in [-0.2, 0) is 0 Å². The fourth-order valence-corrected chi connectivity index (χ4v) is 2.55. The third-order valence-corrected chi connectivity index (χ3v) is 3.48. The van der Waals surface area contributed by atoms with Gasteiger partial charge in [0.15, 0.2) is 5.13 Å². The summed E-state index contributed by atoms with van der Waals surface area (Å²) in [6.07, 6.45) is -1.36. The molecule has 0 bridgehead atoms. The lowest BCUT2D eigenvalue weighted by Gasteiger charge is -2.09. The molecule has 1 N–H and O–H groups in total. The zero-order valence-electron chi connectivity index (χ0n) is 10.4. The van der Waals surface area contributed by atoms with Gasteiger partial charge in [0.05, 0.1) is 10.9 Å². The van der Waals surface area contributed by atoms with Gasteiger partial charge in [-0.05, 0) is 30.3 Å². The van der Waals surface area contributed by atoms with E-state index in [1.807, 2.05) is 6.07 Å². The van der Waals surface area contributed by atoms with Crippen LogP contribution in [0.3, 0.4) is 0 Å². The standard InChI is InChI=1S/C13H8F3N3OS/c14-13(15,16)20-9-3-1-8(2-4-9)18-12-19-10-7-17-6-5-11(10)21-12/h1-7H,(H,18,19). The molecule has 0 radical (unpaired) electrons. The van der Waals surface area contributed by atoms with Crippen LogP contribution >= 0.6 is 11.3 Å². The molecule has 0 aliphatic rings. The lowest BCUT2D eigenvalue weighted by Crippen LogP contribution is -2.16. The zero-order valence-corrected chi connectivity index (χ0v) is 11.2. The van der Waals surface area contributed by atoms with E-state index >= 15 is 0 Å². The van der Waals surface area contributed by atoms with Crippen molar-refractivity contribution in [3.8, 4) is 5.75 Å². The van der Waals surface area contributed by atoms with Gasteiger partial charge in [0.2, 0.25) is 0 Å². The molecule has 2 heterocycles. The van der Waals surface area contributed by atoms with E-state index in [1.54, 1.807) is 12.4 Å². The lowest BCUT2D eigenvalue weighted by atomic mass is 10.3. The van der Waals surface area contributed by atoms with Crippen molar-refractivity contribution in [3.63, 3.8) is 0 Å². The number of nitrogens with one attached hydrogen (secondary N) is 1. The molecule has 1 aromatic carbocycles. The Balaban J connectivity index is 1.75. The van der Waals surface area contributed by atoms with Gasteiger partial charge in [-0.3, -0.25) is 4.98 Å². The average Bonchev–Trinajstić information content (AvgIpc) is 2.81. The number of pyridine rings is 1. The maximum atomic E-state index is 12.1. The van der Waals surface area contributed by atoms with Gasteiger partial charge >= 0.3 is 6.36 Å². The molecule has 8 heteroatoms. The van der Waals surface area contributed by atoms with E-state index in [2.05, 4.69) is 20.0 Å². The van der Waals surface area contributed by atoms with Crippen molar-refractivity contribution in [3.05, 3.63) is 42.7 Å². The first kappa shape index (κ1) is 13.6. The molecule has 0 saturated carbocycles. The second-order valence-electron chi connectivity index (χ2n) is 4.06. The molecule has 0 spiro atoms. The van der Waals surface area contributed by atoms with Gasteiger partial charge in [-0.25, -0.2) is 4.98 Å². The van der Waals surface area contributed by atoms with Crippen LogP contribution in [0.5, 0.6) is 5.75 Å². The number of benzene rings is 1. The van der Waals surface area contributed by atoms with Gasteiger partial charge in [0.1, 0.15) is 11.3 Å². The van der Waals surface area contributed by atoms with Crippen LogP contribution in [-0.4, -0.2) is 16.3 Å². The Bertz CT molecular complexity index is 722. The maximum Gasteiger partial charge on any atom is 0.573 e. The van der Waals surface area contributed by atoms with E-state index in [0.717, 1.165) is 10.2 Å². The van der Waals surface area contributed by atoms with Crippen molar-refractivity contribution in [1.29, 1.82) is 0 Å². The Kier molecular flexibility index (Phi) is 3.38. The number of ether oxygens (including phenoxy) is 1. The molecular formula is C13H8F3N3OS. The third-order valence-electron chi connectivity index (χ3n) is 2.53. The largest absolute Gasteiger partial charge is 0.573 e. The highest BCUT2D eigenvalue weighted by molar-refractivity contribution is 7.22. The number of rotatable bonds is 3. The zero-order chi connectivity index (χ0) is 14.9. The fourth-order valence-electron chi connectivity index (χ4n) is 1.70. The normalized spacial score (nSPS) is 11.6. The Morgan fingerprint density at radius 2 is 1.86 bits per heavy atom. The van der Waals surface area contributed by atoms with E-state index in [1.165, 1.54) is 35.6 Å². The van der Waals surface area contributed by atoms with Crippen LogP contribution in [0.25, 0.3) is 10.2 Å². The lowest BCUT2D eigenvalue weighted by molar-refractivity contribution is -0.274. The average molecular weight is 311 g/mol. The highest BCUT2D eigenvalue weighted by Gasteiger charge is 2.30. The number of fused-ring (bicyclic) bond motifs is 1. The maximum absolute atomic E-state index is 12.1. The predicted molar refractivity (Wildman–Crippen MR) is 73.8 cm³/mol. The number of hydrogen-bond donors (Lipinski definition) is 1. The van der Waals surface area contributed by atoms with E-state index in [4.69, 9.17) is 0 Å². The minimum Gasteiger partial charge on any atom is -0.406 e. The molecule has 0 aliphatic heterocycles. The van der Waals surface area contributed by atoms with Crippen LogP contribution in [0, 0.1) is 0 Å². The van der Waals surface area contributed by atoms with E-state index in [0.29, 0.717) is 10.8 Å². The van der Waals surface area contributed by atoms with Crippen LogP contribution in [0.1, 0.15) is 0 Å². The molecule has 2 aromatic heterocycles. The number of nitrogens with zero attached hydrogens (tertiary/aromatic N) is 2. The summed E-state index contributed by atoms with van der Waals surface area (Å²) >= 11 is 1.43. The summed E-state index contributed by atoms with van der Waals surface area (Å²) in [5.41, 5.74) is 1.39. The number of anilines is 2.